The van der Waals surface area contributed by atoms with E-state index in [2.05, 4.69) is 26.7 Å². The first-order valence-electron chi connectivity index (χ1n) is 11.1. The molecule has 3 unspecified atom stereocenters. The third kappa shape index (κ3) is 5.28. The van der Waals surface area contributed by atoms with Crippen molar-refractivity contribution in [2.24, 2.45) is 17.8 Å². The third-order valence-corrected chi connectivity index (χ3v) is 6.68. The normalized spacial score (nSPS) is 19.5. The fourth-order valence-corrected chi connectivity index (χ4v) is 4.54. The first-order valence-corrected chi connectivity index (χ1v) is 11.5. The molecular formula is C23H26ClN5O4. The highest BCUT2D eigenvalue weighted by atomic mass is 35.5. The zero-order chi connectivity index (χ0) is 23.5. The van der Waals surface area contributed by atoms with Crippen molar-refractivity contribution in [3.05, 3.63) is 23.0 Å². The fourth-order valence-electron chi connectivity index (χ4n) is 4.26. The van der Waals surface area contributed by atoms with Gasteiger partial charge in [0.2, 0.25) is 11.8 Å². The van der Waals surface area contributed by atoms with Gasteiger partial charge in [0, 0.05) is 24.8 Å². The Morgan fingerprint density at radius 1 is 1.33 bits per heavy atom. The van der Waals surface area contributed by atoms with Crippen LogP contribution in [0.4, 0.5) is 0 Å². The van der Waals surface area contributed by atoms with E-state index in [9.17, 15) is 19.6 Å². The first-order chi connectivity index (χ1) is 15.9. The topological polar surface area (TPSA) is 137 Å². The maximum Gasteiger partial charge on any atom is 0.224 e. The Labute approximate surface area is 196 Å². The van der Waals surface area contributed by atoms with Gasteiger partial charge in [-0.2, -0.15) is 5.26 Å². The molecule has 2 aromatic rings. The minimum absolute atomic E-state index is 0.0288. The number of nitrogens with one attached hydrogen (secondary N) is 3. The second-order valence-electron chi connectivity index (χ2n) is 8.77. The van der Waals surface area contributed by atoms with Crippen LogP contribution in [0.1, 0.15) is 49.1 Å². The Hall–Kier alpha value is -3.12. The molecule has 2 fully saturated rings. The van der Waals surface area contributed by atoms with Gasteiger partial charge in [0.05, 0.1) is 18.7 Å². The number of hydrogen-bond acceptors (Lipinski definition) is 6. The second kappa shape index (κ2) is 9.79. The standard InChI is InChI=1S/C23H26ClN5O4/c1-33-18-5-4-16-20(19(18)24)29-21(28-16)17(30)10-14(8-12-2-3-12)23(32)27-15(11-25)9-13-6-7-26-22(13)31/h4-5,12-15H,2-3,6-10H2,1H3,(H,26,31)(H,27,32)(H,28,29). The molecule has 10 heteroatoms. The van der Waals surface area contributed by atoms with Crippen molar-refractivity contribution >= 4 is 40.2 Å². The summed E-state index contributed by atoms with van der Waals surface area (Å²) in [7, 11) is 1.50. The SMILES string of the molecule is COc1ccc2[nH]c(C(=O)CC(CC3CC3)C(=O)NC(C#N)CC3CCNC3=O)nc2c1Cl. The zero-order valence-electron chi connectivity index (χ0n) is 18.3. The van der Waals surface area contributed by atoms with E-state index >= 15 is 0 Å². The summed E-state index contributed by atoms with van der Waals surface area (Å²) in [6.45, 7) is 0.585. The summed E-state index contributed by atoms with van der Waals surface area (Å²) in [6.07, 6.45) is 3.52. The number of aromatic nitrogens is 2. The molecule has 1 aliphatic carbocycles. The number of fused-ring (bicyclic) bond motifs is 1. The molecule has 1 saturated heterocycles. The number of H-pyrrole nitrogens is 1. The molecule has 33 heavy (non-hydrogen) atoms. The van der Waals surface area contributed by atoms with Crippen LogP contribution in [0, 0.1) is 29.1 Å². The van der Waals surface area contributed by atoms with Crippen LogP contribution < -0.4 is 15.4 Å². The van der Waals surface area contributed by atoms with Crippen molar-refractivity contribution < 1.29 is 19.1 Å². The number of amides is 2. The maximum atomic E-state index is 13.0. The number of ether oxygens (including phenoxy) is 1. The molecule has 1 aromatic heterocycles. The molecule has 0 bridgehead atoms. The predicted octanol–water partition coefficient (Wildman–Crippen LogP) is 2.75. The smallest absolute Gasteiger partial charge is 0.224 e. The van der Waals surface area contributed by atoms with Crippen molar-refractivity contribution in [1.29, 1.82) is 5.26 Å². The monoisotopic (exact) mass is 471 g/mol. The molecule has 3 N–H and O–H groups in total. The lowest BCUT2D eigenvalue weighted by Gasteiger charge is -2.19. The number of imidazole rings is 1. The Morgan fingerprint density at radius 3 is 2.76 bits per heavy atom. The van der Waals surface area contributed by atoms with Crippen LogP contribution in [-0.2, 0) is 9.59 Å². The number of nitrogens with zero attached hydrogens (tertiary/aromatic N) is 2. The highest BCUT2D eigenvalue weighted by molar-refractivity contribution is 6.36. The summed E-state index contributed by atoms with van der Waals surface area (Å²) < 4.78 is 5.20. The van der Waals surface area contributed by atoms with Crippen molar-refractivity contribution in [3.63, 3.8) is 0 Å². The summed E-state index contributed by atoms with van der Waals surface area (Å²) in [5.41, 5.74) is 1.04. The van der Waals surface area contributed by atoms with Crippen LogP contribution in [0.25, 0.3) is 11.0 Å². The molecule has 1 aromatic carbocycles. The number of carbonyl (C=O) groups is 3. The zero-order valence-corrected chi connectivity index (χ0v) is 19.1. The van der Waals surface area contributed by atoms with Crippen LogP contribution in [0.3, 0.4) is 0 Å². The van der Waals surface area contributed by atoms with Crippen LogP contribution in [0.2, 0.25) is 5.02 Å². The number of Topliss-reactive ketones (excluding diaryl/α,β-unsaturated/α-hetero) is 1. The largest absolute Gasteiger partial charge is 0.495 e. The fraction of sp³-hybridized carbons (Fsp3) is 0.522. The number of benzene rings is 1. The molecule has 0 radical (unpaired) electrons. The molecule has 9 nitrogen and oxygen atoms in total. The van der Waals surface area contributed by atoms with E-state index in [0.717, 1.165) is 12.8 Å². The van der Waals surface area contributed by atoms with Gasteiger partial charge in [0.1, 0.15) is 22.3 Å². The van der Waals surface area contributed by atoms with Crippen molar-refractivity contribution in [3.8, 4) is 11.8 Å². The highest BCUT2D eigenvalue weighted by Gasteiger charge is 2.34. The number of carbonyl (C=O) groups excluding carboxylic acids is 3. The lowest BCUT2D eigenvalue weighted by atomic mass is 9.93. The van der Waals surface area contributed by atoms with E-state index in [1.54, 1.807) is 12.1 Å². The van der Waals surface area contributed by atoms with Crippen LogP contribution in [0.15, 0.2) is 12.1 Å². The van der Waals surface area contributed by atoms with E-state index in [-0.39, 0.29) is 42.2 Å². The van der Waals surface area contributed by atoms with E-state index in [1.165, 1.54) is 7.11 Å². The Balaban J connectivity index is 1.45. The molecule has 2 heterocycles. The maximum absolute atomic E-state index is 13.0. The number of rotatable bonds is 10. The van der Waals surface area contributed by atoms with Crippen molar-refractivity contribution in [1.82, 2.24) is 20.6 Å². The van der Waals surface area contributed by atoms with Gasteiger partial charge in [-0.1, -0.05) is 24.4 Å². The lowest BCUT2D eigenvalue weighted by Crippen LogP contribution is -2.40. The average Bonchev–Trinajstić information content (AvgIpc) is 3.36. The molecule has 0 spiro atoms. The third-order valence-electron chi connectivity index (χ3n) is 6.31. The van der Waals surface area contributed by atoms with Crippen LogP contribution >= 0.6 is 11.6 Å². The molecule has 1 aliphatic heterocycles. The number of ketones is 1. The van der Waals surface area contributed by atoms with Gasteiger partial charge in [-0.15, -0.1) is 0 Å². The van der Waals surface area contributed by atoms with Crippen LogP contribution in [0.5, 0.6) is 5.75 Å². The summed E-state index contributed by atoms with van der Waals surface area (Å²) in [4.78, 5) is 45.2. The molecule has 174 valence electrons. The second-order valence-corrected chi connectivity index (χ2v) is 9.15. The van der Waals surface area contributed by atoms with E-state index in [4.69, 9.17) is 16.3 Å². The predicted molar refractivity (Wildman–Crippen MR) is 121 cm³/mol. The first kappa shape index (κ1) is 23.1. The minimum atomic E-state index is -0.777. The molecule has 4 rings (SSSR count). The quantitative estimate of drug-likeness (QED) is 0.455. The van der Waals surface area contributed by atoms with Gasteiger partial charge >= 0.3 is 0 Å². The van der Waals surface area contributed by atoms with E-state index in [0.29, 0.717) is 47.1 Å². The summed E-state index contributed by atoms with van der Waals surface area (Å²) in [6, 6.07) is 4.72. The Bertz CT molecular complexity index is 1120. The number of halogens is 1. The van der Waals surface area contributed by atoms with Gasteiger partial charge in [-0.05, 0) is 37.3 Å². The van der Waals surface area contributed by atoms with E-state index < -0.39 is 12.0 Å². The van der Waals surface area contributed by atoms with Crippen molar-refractivity contribution in [2.45, 2.75) is 44.6 Å². The van der Waals surface area contributed by atoms with Gasteiger partial charge in [-0.3, -0.25) is 14.4 Å². The molecule has 2 aliphatic rings. The molecule has 3 atom stereocenters. The Morgan fingerprint density at radius 2 is 2.12 bits per heavy atom. The number of aromatic amines is 1. The molecule has 2 amide bonds. The summed E-state index contributed by atoms with van der Waals surface area (Å²) >= 11 is 6.30. The highest BCUT2D eigenvalue weighted by Crippen LogP contribution is 2.37. The van der Waals surface area contributed by atoms with Gasteiger partial charge in [-0.25, -0.2) is 4.98 Å². The summed E-state index contributed by atoms with van der Waals surface area (Å²) in [5.74, 6) is -0.584. The average molecular weight is 472 g/mol. The van der Waals surface area contributed by atoms with Gasteiger partial charge < -0.3 is 20.4 Å². The Kier molecular flexibility index (Phi) is 6.84. The van der Waals surface area contributed by atoms with Gasteiger partial charge in [0.15, 0.2) is 11.6 Å². The number of nitriles is 1. The number of methoxy groups -OCH3 is 1. The molecular weight excluding hydrogens is 446 g/mol. The van der Waals surface area contributed by atoms with Gasteiger partial charge in [0.25, 0.3) is 0 Å². The van der Waals surface area contributed by atoms with Crippen LogP contribution in [-0.4, -0.2) is 47.3 Å². The molecule has 1 saturated carbocycles. The lowest BCUT2D eigenvalue weighted by molar-refractivity contribution is -0.127. The summed E-state index contributed by atoms with van der Waals surface area (Å²) in [5, 5.41) is 15.3. The minimum Gasteiger partial charge on any atom is -0.495 e. The number of hydrogen-bond donors (Lipinski definition) is 3. The van der Waals surface area contributed by atoms with E-state index in [1.807, 2.05) is 0 Å². The van der Waals surface area contributed by atoms with Crippen molar-refractivity contribution in [2.75, 3.05) is 13.7 Å².